The Morgan fingerprint density at radius 3 is 2.83 bits per heavy atom. The molecule has 1 unspecified atom stereocenters. The largest absolute Gasteiger partial charge is 0.368 e. The zero-order valence-corrected chi connectivity index (χ0v) is 17.1. The van der Waals surface area contributed by atoms with Crippen molar-refractivity contribution in [1.29, 1.82) is 0 Å². The van der Waals surface area contributed by atoms with Gasteiger partial charge in [0.25, 0.3) is 5.91 Å². The van der Waals surface area contributed by atoms with Gasteiger partial charge in [-0.1, -0.05) is 18.2 Å². The maximum atomic E-state index is 13.4. The van der Waals surface area contributed by atoms with Crippen LogP contribution in [-0.2, 0) is 0 Å². The summed E-state index contributed by atoms with van der Waals surface area (Å²) in [6.45, 7) is 3.26. The molecule has 1 aliphatic heterocycles. The highest BCUT2D eigenvalue weighted by Crippen LogP contribution is 2.32. The number of hydrogen-bond donors (Lipinski definition) is 1. The van der Waals surface area contributed by atoms with Gasteiger partial charge in [0, 0.05) is 25.3 Å². The Bertz CT molecular complexity index is 974. The fourth-order valence-electron chi connectivity index (χ4n) is 3.67. The first-order valence-corrected chi connectivity index (χ1v) is 10.6. The van der Waals surface area contributed by atoms with Gasteiger partial charge in [-0.25, -0.2) is 14.4 Å². The van der Waals surface area contributed by atoms with Crippen LogP contribution in [0.4, 0.5) is 10.2 Å². The van der Waals surface area contributed by atoms with Crippen LogP contribution >= 0.6 is 11.3 Å². The molecule has 1 atom stereocenters. The molecule has 1 saturated heterocycles. The number of hydrogen-bond acceptors (Lipinski definition) is 5. The van der Waals surface area contributed by atoms with Gasteiger partial charge in [0.15, 0.2) is 0 Å². The lowest BCUT2D eigenvalue weighted by atomic mass is 10.0. The van der Waals surface area contributed by atoms with E-state index in [0.29, 0.717) is 18.8 Å². The minimum atomic E-state index is -0.292. The van der Waals surface area contributed by atoms with Gasteiger partial charge in [0.1, 0.15) is 17.3 Å². The third-order valence-corrected chi connectivity index (χ3v) is 6.13. The number of benzene rings is 1. The van der Waals surface area contributed by atoms with Crippen LogP contribution in [-0.4, -0.2) is 39.9 Å². The molecule has 0 aliphatic carbocycles. The van der Waals surface area contributed by atoms with E-state index in [1.807, 2.05) is 30.0 Å². The first kappa shape index (κ1) is 19.5. The molecule has 3 aromatic rings. The molecule has 4 rings (SSSR count). The number of rotatable bonds is 5. The van der Waals surface area contributed by atoms with E-state index in [1.165, 1.54) is 23.5 Å². The number of pyridine rings is 1. The Morgan fingerprint density at radius 2 is 2.07 bits per heavy atom. The number of piperidine rings is 1. The Kier molecular flexibility index (Phi) is 5.85. The predicted molar refractivity (Wildman–Crippen MR) is 114 cm³/mol. The average molecular weight is 411 g/mol. The van der Waals surface area contributed by atoms with Gasteiger partial charge >= 0.3 is 0 Å². The number of amides is 1. The van der Waals surface area contributed by atoms with Crippen LogP contribution in [0, 0.1) is 12.7 Å². The van der Waals surface area contributed by atoms with Crippen molar-refractivity contribution < 1.29 is 9.18 Å². The van der Waals surface area contributed by atoms with Crippen molar-refractivity contribution in [3.63, 3.8) is 0 Å². The summed E-state index contributed by atoms with van der Waals surface area (Å²) in [5.41, 5.74) is 1.28. The number of carbonyl (C=O) groups is 1. The molecular formula is C22H23FN4OS. The summed E-state index contributed by atoms with van der Waals surface area (Å²) in [6.07, 6.45) is 4.78. The molecule has 0 saturated carbocycles. The number of likely N-dealkylation sites (tertiary alicyclic amines) is 1. The Hall–Kier alpha value is -2.80. The van der Waals surface area contributed by atoms with Crippen LogP contribution in [0.25, 0.3) is 10.4 Å². The molecule has 5 nitrogen and oxygen atoms in total. The van der Waals surface area contributed by atoms with Crippen molar-refractivity contribution >= 4 is 23.1 Å². The quantitative estimate of drug-likeness (QED) is 0.659. The van der Waals surface area contributed by atoms with Crippen molar-refractivity contribution in [3.8, 4) is 10.4 Å². The number of carbonyl (C=O) groups excluding carboxylic acids is 1. The highest BCUT2D eigenvalue weighted by molar-refractivity contribution is 7.15. The second kappa shape index (κ2) is 8.69. The van der Waals surface area contributed by atoms with Crippen LogP contribution in [0.1, 0.15) is 34.8 Å². The molecule has 0 spiro atoms. The van der Waals surface area contributed by atoms with Crippen LogP contribution in [0.15, 0.2) is 48.7 Å². The maximum absolute atomic E-state index is 13.4. The summed E-state index contributed by atoms with van der Waals surface area (Å²) >= 11 is 1.47. The monoisotopic (exact) mass is 410 g/mol. The SMILES string of the molecule is Cc1nc(C(=O)N2CCCCC2CNc2ccccn2)c(-c2ccc(F)cc2)s1. The van der Waals surface area contributed by atoms with Gasteiger partial charge in [0.05, 0.1) is 9.88 Å². The van der Waals surface area contributed by atoms with Gasteiger partial charge in [-0.3, -0.25) is 4.79 Å². The molecule has 29 heavy (non-hydrogen) atoms. The molecule has 3 heterocycles. The van der Waals surface area contributed by atoms with Crippen molar-refractivity contribution in [1.82, 2.24) is 14.9 Å². The lowest BCUT2D eigenvalue weighted by Gasteiger charge is -2.35. The van der Waals surface area contributed by atoms with Gasteiger partial charge < -0.3 is 10.2 Å². The number of anilines is 1. The summed E-state index contributed by atoms with van der Waals surface area (Å²) in [6, 6.07) is 12.1. The number of nitrogens with zero attached hydrogens (tertiary/aromatic N) is 3. The van der Waals surface area contributed by atoms with Gasteiger partial charge in [-0.05, 0) is 56.0 Å². The smallest absolute Gasteiger partial charge is 0.274 e. The van der Waals surface area contributed by atoms with Crippen molar-refractivity contribution in [2.45, 2.75) is 32.2 Å². The molecular weight excluding hydrogens is 387 g/mol. The van der Waals surface area contributed by atoms with E-state index in [9.17, 15) is 9.18 Å². The zero-order chi connectivity index (χ0) is 20.2. The number of aromatic nitrogens is 2. The van der Waals surface area contributed by atoms with E-state index in [-0.39, 0.29) is 17.8 Å². The Labute approximate surface area is 173 Å². The summed E-state index contributed by atoms with van der Waals surface area (Å²) in [7, 11) is 0. The fraction of sp³-hybridized carbons (Fsp3) is 0.318. The molecule has 1 aliphatic rings. The van der Waals surface area contributed by atoms with Crippen LogP contribution < -0.4 is 5.32 Å². The minimum Gasteiger partial charge on any atom is -0.368 e. The van der Waals surface area contributed by atoms with Crippen LogP contribution in [0.2, 0.25) is 0 Å². The van der Waals surface area contributed by atoms with Gasteiger partial charge in [-0.2, -0.15) is 0 Å². The summed E-state index contributed by atoms with van der Waals surface area (Å²) in [5, 5.41) is 4.17. The number of halogens is 1. The lowest BCUT2D eigenvalue weighted by molar-refractivity contribution is 0.0623. The van der Waals surface area contributed by atoms with E-state index in [4.69, 9.17) is 0 Å². The van der Waals surface area contributed by atoms with Crippen molar-refractivity contribution in [2.24, 2.45) is 0 Å². The third kappa shape index (κ3) is 4.45. The topological polar surface area (TPSA) is 58.1 Å². The standard InChI is InChI=1S/C22H23FN4OS/c1-15-26-20(21(29-15)16-8-10-17(23)11-9-16)22(28)27-13-5-3-6-18(27)14-25-19-7-2-4-12-24-19/h2,4,7-12,18H,3,5-6,13-14H2,1H3,(H,24,25). The highest BCUT2D eigenvalue weighted by Gasteiger charge is 2.30. The van der Waals surface area contributed by atoms with Gasteiger partial charge in [-0.15, -0.1) is 11.3 Å². The molecule has 1 fully saturated rings. The van der Waals surface area contributed by atoms with Gasteiger partial charge in [0.2, 0.25) is 0 Å². The first-order valence-electron chi connectivity index (χ1n) is 9.81. The summed E-state index contributed by atoms with van der Waals surface area (Å²) < 4.78 is 13.3. The number of thiazole rings is 1. The average Bonchev–Trinajstić information content (AvgIpc) is 3.15. The zero-order valence-electron chi connectivity index (χ0n) is 16.3. The van der Waals surface area contributed by atoms with Crippen molar-refractivity contribution in [3.05, 3.63) is 65.2 Å². The lowest BCUT2D eigenvalue weighted by Crippen LogP contribution is -2.47. The minimum absolute atomic E-state index is 0.0544. The molecule has 2 aromatic heterocycles. The molecule has 0 bridgehead atoms. The molecule has 1 aromatic carbocycles. The second-order valence-corrected chi connectivity index (χ2v) is 8.36. The highest BCUT2D eigenvalue weighted by atomic mass is 32.1. The van der Waals surface area contributed by atoms with E-state index >= 15 is 0 Å². The van der Waals surface area contributed by atoms with Crippen LogP contribution in [0.5, 0.6) is 0 Å². The third-order valence-electron chi connectivity index (χ3n) is 5.11. The predicted octanol–water partition coefficient (Wildman–Crippen LogP) is 4.76. The van der Waals surface area contributed by atoms with E-state index in [0.717, 1.165) is 40.5 Å². The fourth-order valence-corrected chi connectivity index (χ4v) is 4.59. The van der Waals surface area contributed by atoms with E-state index in [1.54, 1.807) is 18.3 Å². The summed E-state index contributed by atoms with van der Waals surface area (Å²) in [4.78, 5) is 25.0. The number of nitrogens with one attached hydrogen (secondary N) is 1. The Balaban J connectivity index is 1.56. The molecule has 1 amide bonds. The molecule has 150 valence electrons. The first-order chi connectivity index (χ1) is 14.1. The van der Waals surface area contributed by atoms with Crippen molar-refractivity contribution in [2.75, 3.05) is 18.4 Å². The molecule has 1 N–H and O–H groups in total. The normalized spacial score (nSPS) is 16.6. The summed E-state index contributed by atoms with van der Waals surface area (Å²) in [5.74, 6) is 0.461. The number of aryl methyl sites for hydroxylation is 1. The second-order valence-electron chi connectivity index (χ2n) is 7.16. The molecule has 0 radical (unpaired) electrons. The molecule has 7 heteroatoms. The van der Waals surface area contributed by atoms with E-state index in [2.05, 4.69) is 15.3 Å². The van der Waals surface area contributed by atoms with E-state index < -0.39 is 0 Å². The maximum Gasteiger partial charge on any atom is 0.274 e. The van der Waals surface area contributed by atoms with Crippen LogP contribution in [0.3, 0.4) is 0 Å². The Morgan fingerprint density at radius 1 is 1.24 bits per heavy atom.